The van der Waals surface area contributed by atoms with Gasteiger partial charge in [0.15, 0.2) is 5.82 Å². The Balaban J connectivity index is 1.67. The van der Waals surface area contributed by atoms with Gasteiger partial charge in [-0.15, -0.1) is 0 Å². The Bertz CT molecular complexity index is 730. The summed E-state index contributed by atoms with van der Waals surface area (Å²) < 4.78 is 0. The van der Waals surface area contributed by atoms with E-state index in [2.05, 4.69) is 15.3 Å². The van der Waals surface area contributed by atoms with Crippen molar-refractivity contribution in [2.24, 2.45) is 0 Å². The summed E-state index contributed by atoms with van der Waals surface area (Å²) in [6.45, 7) is 0.508. The van der Waals surface area contributed by atoms with E-state index >= 15 is 0 Å². The molecule has 2 heterocycles. The number of carbonyl (C=O) groups is 2. The molecule has 112 valence electrons. The van der Waals surface area contributed by atoms with Gasteiger partial charge in [-0.1, -0.05) is 23.7 Å². The van der Waals surface area contributed by atoms with Gasteiger partial charge in [0.1, 0.15) is 17.2 Å². The van der Waals surface area contributed by atoms with Crippen LogP contribution < -0.4 is 11.1 Å². The van der Waals surface area contributed by atoms with Crippen LogP contribution in [0.3, 0.4) is 0 Å². The normalized spacial score (nSPS) is 13.4. The lowest BCUT2D eigenvalue weighted by atomic mass is 10.1. The zero-order valence-electron chi connectivity index (χ0n) is 11.4. The summed E-state index contributed by atoms with van der Waals surface area (Å²) in [6, 6.07) is 6.75. The van der Waals surface area contributed by atoms with E-state index < -0.39 is 0 Å². The zero-order chi connectivity index (χ0) is 15.7. The van der Waals surface area contributed by atoms with Crippen LogP contribution in [-0.4, -0.2) is 39.8 Å². The average Bonchev–Trinajstić information content (AvgIpc) is 2.77. The topological polar surface area (TPSA) is 101 Å². The van der Waals surface area contributed by atoms with E-state index in [9.17, 15) is 9.59 Å². The van der Waals surface area contributed by atoms with Crippen LogP contribution in [0.1, 0.15) is 20.7 Å². The average molecular weight is 318 g/mol. The third-order valence-corrected chi connectivity index (χ3v) is 3.70. The molecule has 1 aliphatic heterocycles. The zero-order valence-corrected chi connectivity index (χ0v) is 12.2. The molecule has 22 heavy (non-hydrogen) atoms. The maximum absolute atomic E-state index is 12.2. The molecular formula is C14H12ClN5O2. The van der Waals surface area contributed by atoms with E-state index in [-0.39, 0.29) is 29.2 Å². The number of carbonyl (C=O) groups excluding carboxylic acids is 2. The fourth-order valence-electron chi connectivity index (χ4n) is 2.24. The standard InChI is InChI=1S/C14H12ClN5O2/c15-10-11(16)18-7-19-12(10)17-5-6-20-13(21)8-3-1-2-4-9(8)14(20)22/h1-4,7H,5-6H2,(H3,16,17,18,19). The van der Waals surface area contributed by atoms with Crippen molar-refractivity contribution in [1.82, 2.24) is 14.9 Å². The molecule has 0 fully saturated rings. The second kappa shape index (κ2) is 5.61. The summed E-state index contributed by atoms with van der Waals surface area (Å²) in [7, 11) is 0. The maximum atomic E-state index is 12.2. The van der Waals surface area contributed by atoms with Crippen LogP contribution in [0, 0.1) is 0 Å². The molecule has 3 rings (SSSR count). The number of imide groups is 1. The SMILES string of the molecule is Nc1ncnc(NCCN2C(=O)c3ccccc3C2=O)c1Cl. The number of rotatable bonds is 4. The molecule has 8 heteroatoms. The minimum atomic E-state index is -0.296. The highest BCUT2D eigenvalue weighted by Crippen LogP contribution is 2.24. The Labute approximate surface area is 131 Å². The van der Waals surface area contributed by atoms with Crippen LogP contribution in [0.25, 0.3) is 0 Å². The number of amides is 2. The van der Waals surface area contributed by atoms with E-state index in [1.807, 2.05) is 0 Å². The molecular weight excluding hydrogens is 306 g/mol. The summed E-state index contributed by atoms with van der Waals surface area (Å²) in [5.41, 5.74) is 6.43. The number of aromatic nitrogens is 2. The van der Waals surface area contributed by atoms with Crippen molar-refractivity contribution in [2.45, 2.75) is 0 Å². The minimum absolute atomic E-state index is 0.167. The minimum Gasteiger partial charge on any atom is -0.382 e. The summed E-state index contributed by atoms with van der Waals surface area (Å²) in [5, 5.41) is 3.15. The largest absolute Gasteiger partial charge is 0.382 e. The Morgan fingerprint density at radius 3 is 2.41 bits per heavy atom. The predicted octanol–water partition coefficient (Wildman–Crippen LogP) is 1.42. The number of hydrogen-bond acceptors (Lipinski definition) is 6. The Hall–Kier alpha value is -2.67. The molecule has 0 saturated heterocycles. The van der Waals surface area contributed by atoms with Crippen molar-refractivity contribution in [3.63, 3.8) is 0 Å². The highest BCUT2D eigenvalue weighted by Gasteiger charge is 2.34. The number of nitrogens with zero attached hydrogens (tertiary/aromatic N) is 3. The Kier molecular flexibility index (Phi) is 3.64. The molecule has 2 aromatic rings. The van der Waals surface area contributed by atoms with Crippen LogP contribution in [0.5, 0.6) is 0 Å². The number of fused-ring (bicyclic) bond motifs is 1. The molecule has 3 N–H and O–H groups in total. The lowest BCUT2D eigenvalue weighted by Crippen LogP contribution is -2.34. The number of nitrogen functional groups attached to an aromatic ring is 1. The van der Waals surface area contributed by atoms with E-state index in [0.29, 0.717) is 23.5 Å². The first-order chi connectivity index (χ1) is 10.6. The van der Waals surface area contributed by atoms with E-state index in [0.717, 1.165) is 0 Å². The number of anilines is 2. The lowest BCUT2D eigenvalue weighted by Gasteiger charge is -2.15. The van der Waals surface area contributed by atoms with Gasteiger partial charge < -0.3 is 11.1 Å². The van der Waals surface area contributed by atoms with Crippen LogP contribution >= 0.6 is 11.6 Å². The first-order valence-corrected chi connectivity index (χ1v) is 6.92. The Morgan fingerprint density at radius 2 is 1.77 bits per heavy atom. The van der Waals surface area contributed by atoms with Gasteiger partial charge in [0.2, 0.25) is 0 Å². The van der Waals surface area contributed by atoms with Gasteiger partial charge >= 0.3 is 0 Å². The number of hydrogen-bond donors (Lipinski definition) is 2. The van der Waals surface area contributed by atoms with Gasteiger partial charge in [-0.2, -0.15) is 0 Å². The number of halogens is 1. The van der Waals surface area contributed by atoms with Gasteiger partial charge in [-0.25, -0.2) is 9.97 Å². The molecule has 0 radical (unpaired) electrons. The maximum Gasteiger partial charge on any atom is 0.261 e. The monoisotopic (exact) mass is 317 g/mol. The van der Waals surface area contributed by atoms with Crippen LogP contribution in [0.2, 0.25) is 5.02 Å². The lowest BCUT2D eigenvalue weighted by molar-refractivity contribution is 0.0660. The molecule has 1 aromatic heterocycles. The van der Waals surface area contributed by atoms with Gasteiger partial charge in [0.05, 0.1) is 11.1 Å². The fourth-order valence-corrected chi connectivity index (χ4v) is 2.40. The molecule has 0 aliphatic carbocycles. The first-order valence-electron chi connectivity index (χ1n) is 6.54. The van der Waals surface area contributed by atoms with E-state index in [4.69, 9.17) is 17.3 Å². The van der Waals surface area contributed by atoms with E-state index in [1.54, 1.807) is 24.3 Å². The predicted molar refractivity (Wildman–Crippen MR) is 81.8 cm³/mol. The molecule has 1 aromatic carbocycles. The van der Waals surface area contributed by atoms with Crippen LogP contribution in [0.15, 0.2) is 30.6 Å². The molecule has 2 amide bonds. The van der Waals surface area contributed by atoms with Crippen molar-refractivity contribution in [2.75, 3.05) is 24.1 Å². The van der Waals surface area contributed by atoms with E-state index in [1.165, 1.54) is 11.2 Å². The molecule has 7 nitrogen and oxygen atoms in total. The Morgan fingerprint density at radius 1 is 1.14 bits per heavy atom. The van der Waals surface area contributed by atoms with Crippen molar-refractivity contribution >= 4 is 35.1 Å². The summed E-state index contributed by atoms with van der Waals surface area (Å²) in [6.07, 6.45) is 1.28. The fraction of sp³-hybridized carbons (Fsp3) is 0.143. The number of nitrogens with two attached hydrogens (primary N) is 1. The third-order valence-electron chi connectivity index (χ3n) is 3.32. The van der Waals surface area contributed by atoms with Gasteiger partial charge in [-0.3, -0.25) is 14.5 Å². The van der Waals surface area contributed by atoms with Gasteiger partial charge in [0.25, 0.3) is 11.8 Å². The molecule has 1 aliphatic rings. The van der Waals surface area contributed by atoms with Gasteiger partial charge in [0, 0.05) is 13.1 Å². The summed E-state index contributed by atoms with van der Waals surface area (Å²) in [4.78, 5) is 33.3. The second-order valence-corrected chi connectivity index (χ2v) is 5.03. The number of benzene rings is 1. The smallest absolute Gasteiger partial charge is 0.261 e. The highest BCUT2D eigenvalue weighted by atomic mass is 35.5. The van der Waals surface area contributed by atoms with Gasteiger partial charge in [-0.05, 0) is 12.1 Å². The van der Waals surface area contributed by atoms with Crippen molar-refractivity contribution in [3.8, 4) is 0 Å². The summed E-state index contributed by atoms with van der Waals surface area (Å²) >= 11 is 5.96. The third kappa shape index (κ3) is 2.35. The molecule has 0 bridgehead atoms. The number of nitrogens with one attached hydrogen (secondary N) is 1. The summed E-state index contributed by atoms with van der Waals surface area (Å²) in [5.74, 6) is -0.0583. The van der Waals surface area contributed by atoms with Crippen molar-refractivity contribution < 1.29 is 9.59 Å². The highest BCUT2D eigenvalue weighted by molar-refractivity contribution is 6.35. The molecule has 0 atom stereocenters. The van der Waals surface area contributed by atoms with Crippen molar-refractivity contribution in [3.05, 3.63) is 46.7 Å². The molecule has 0 saturated carbocycles. The van der Waals surface area contributed by atoms with Crippen molar-refractivity contribution in [1.29, 1.82) is 0 Å². The van der Waals surface area contributed by atoms with Crippen LogP contribution in [-0.2, 0) is 0 Å². The first kappa shape index (κ1) is 14.3. The molecule has 0 unspecified atom stereocenters. The molecule has 0 spiro atoms. The second-order valence-electron chi connectivity index (χ2n) is 4.66. The van der Waals surface area contributed by atoms with Crippen LogP contribution in [0.4, 0.5) is 11.6 Å². The quantitative estimate of drug-likeness (QED) is 0.827.